The first-order chi connectivity index (χ1) is 8.13. The number of nitrogens with one attached hydrogen (secondary N) is 1. The fourth-order valence-corrected chi connectivity index (χ4v) is 1.62. The average Bonchev–Trinajstić information content (AvgIpc) is 2.31. The molecule has 17 heavy (non-hydrogen) atoms. The van der Waals surface area contributed by atoms with Gasteiger partial charge in [-0.25, -0.2) is 0 Å². The van der Waals surface area contributed by atoms with Crippen LogP contribution < -0.4 is 5.32 Å². The van der Waals surface area contributed by atoms with Crippen molar-refractivity contribution in [3.05, 3.63) is 33.8 Å². The Balaban J connectivity index is 2.33. The summed E-state index contributed by atoms with van der Waals surface area (Å²) in [6.07, 6.45) is 1.19. The third-order valence-corrected chi connectivity index (χ3v) is 2.92. The van der Waals surface area contributed by atoms with Crippen molar-refractivity contribution in [1.29, 1.82) is 5.26 Å². The predicted octanol–water partition coefficient (Wildman–Crippen LogP) is 2.96. The second kappa shape index (κ2) is 7.16. The smallest absolute Gasteiger partial charge is 0.221 e. The molecule has 1 aromatic rings. The number of carbonyl (C=O) groups excluding carboxylic acids is 1. The minimum Gasteiger partial charge on any atom is -0.356 e. The van der Waals surface area contributed by atoms with Gasteiger partial charge >= 0.3 is 0 Å². The number of rotatable bonds is 5. The van der Waals surface area contributed by atoms with Gasteiger partial charge in [-0.3, -0.25) is 4.79 Å². The molecule has 3 nitrogen and oxygen atoms in total. The zero-order valence-corrected chi connectivity index (χ0v) is 10.7. The van der Waals surface area contributed by atoms with Gasteiger partial charge in [0.15, 0.2) is 0 Å². The van der Waals surface area contributed by atoms with Crippen molar-refractivity contribution in [3.63, 3.8) is 0 Å². The van der Waals surface area contributed by atoms with Crippen LogP contribution in [0.5, 0.6) is 0 Å². The summed E-state index contributed by atoms with van der Waals surface area (Å²) in [7, 11) is 0. The molecule has 0 aromatic heterocycles. The summed E-state index contributed by atoms with van der Waals surface area (Å²) in [5, 5.41) is 12.1. The molecule has 5 heteroatoms. The van der Waals surface area contributed by atoms with E-state index >= 15 is 0 Å². The van der Waals surface area contributed by atoms with E-state index in [4.69, 9.17) is 28.5 Å². The first-order valence-corrected chi connectivity index (χ1v) is 5.96. The van der Waals surface area contributed by atoms with E-state index in [-0.39, 0.29) is 18.7 Å². The number of amides is 1. The summed E-state index contributed by atoms with van der Waals surface area (Å²) in [6, 6.07) is 7.31. The van der Waals surface area contributed by atoms with Crippen LogP contribution in [0, 0.1) is 11.3 Å². The second-order valence-electron chi connectivity index (χ2n) is 3.51. The average molecular weight is 271 g/mol. The largest absolute Gasteiger partial charge is 0.356 e. The lowest BCUT2D eigenvalue weighted by Gasteiger charge is -2.05. The van der Waals surface area contributed by atoms with Crippen molar-refractivity contribution in [1.82, 2.24) is 5.32 Å². The fraction of sp³-hybridized carbons (Fsp3) is 0.333. The molecule has 0 bridgehead atoms. The highest BCUT2D eigenvalue weighted by molar-refractivity contribution is 6.42. The second-order valence-corrected chi connectivity index (χ2v) is 4.32. The number of hydrogen-bond donors (Lipinski definition) is 1. The number of carbonyl (C=O) groups is 1. The van der Waals surface area contributed by atoms with Crippen molar-refractivity contribution < 1.29 is 4.79 Å². The molecule has 0 fully saturated rings. The van der Waals surface area contributed by atoms with Gasteiger partial charge in [0.1, 0.15) is 0 Å². The molecule has 0 saturated carbocycles. The van der Waals surface area contributed by atoms with E-state index in [0.717, 1.165) is 5.56 Å². The summed E-state index contributed by atoms with van der Waals surface area (Å²) < 4.78 is 0. The van der Waals surface area contributed by atoms with Gasteiger partial charge in [0.2, 0.25) is 5.91 Å². The quantitative estimate of drug-likeness (QED) is 0.895. The Labute approximate surface area is 110 Å². The third kappa shape index (κ3) is 5.08. The van der Waals surface area contributed by atoms with Gasteiger partial charge in [0.25, 0.3) is 0 Å². The number of benzene rings is 1. The van der Waals surface area contributed by atoms with E-state index < -0.39 is 0 Å². The van der Waals surface area contributed by atoms with E-state index in [0.29, 0.717) is 23.0 Å². The summed E-state index contributed by atoms with van der Waals surface area (Å²) >= 11 is 11.7. The van der Waals surface area contributed by atoms with Crippen LogP contribution in [-0.4, -0.2) is 12.5 Å². The van der Waals surface area contributed by atoms with Gasteiger partial charge in [0.05, 0.1) is 16.1 Å². The molecule has 0 aliphatic rings. The fourth-order valence-electron chi connectivity index (χ4n) is 1.30. The first-order valence-electron chi connectivity index (χ1n) is 5.21. The maximum absolute atomic E-state index is 11.2. The lowest BCUT2D eigenvalue weighted by molar-refractivity contribution is -0.120. The van der Waals surface area contributed by atoms with Crippen LogP contribution in [0.3, 0.4) is 0 Å². The summed E-state index contributed by atoms with van der Waals surface area (Å²) in [5.41, 5.74) is 1.01. The number of halogens is 2. The minimum absolute atomic E-state index is 0.105. The summed E-state index contributed by atoms with van der Waals surface area (Å²) in [6.45, 7) is 0.530. The maximum Gasteiger partial charge on any atom is 0.221 e. The van der Waals surface area contributed by atoms with Gasteiger partial charge in [-0.15, -0.1) is 0 Å². The molecule has 0 aliphatic heterocycles. The molecular weight excluding hydrogens is 259 g/mol. The molecule has 1 amide bonds. The monoisotopic (exact) mass is 270 g/mol. The van der Waals surface area contributed by atoms with Crippen LogP contribution in [0.4, 0.5) is 0 Å². The van der Waals surface area contributed by atoms with E-state index in [9.17, 15) is 4.79 Å². The molecule has 0 atom stereocenters. The van der Waals surface area contributed by atoms with Crippen molar-refractivity contribution in [2.45, 2.75) is 19.3 Å². The highest BCUT2D eigenvalue weighted by Gasteiger charge is 2.02. The van der Waals surface area contributed by atoms with Crippen LogP contribution >= 0.6 is 23.2 Å². The molecule has 1 N–H and O–H groups in total. The molecular formula is C12H12Cl2N2O. The lowest BCUT2D eigenvalue weighted by Crippen LogP contribution is -2.25. The third-order valence-electron chi connectivity index (χ3n) is 2.18. The van der Waals surface area contributed by atoms with Crippen LogP contribution in [0.25, 0.3) is 0 Å². The molecule has 90 valence electrons. The molecule has 0 unspecified atom stereocenters. The van der Waals surface area contributed by atoms with Crippen molar-refractivity contribution in [3.8, 4) is 6.07 Å². The molecule has 0 heterocycles. The standard InChI is InChI=1S/C12H12Cl2N2O/c13-10-4-3-9(8-11(10)14)5-7-16-12(17)2-1-6-15/h3-4,8H,1-2,5,7H2,(H,16,17). The molecule has 1 aromatic carbocycles. The van der Waals surface area contributed by atoms with E-state index in [1.165, 1.54) is 0 Å². The predicted molar refractivity (Wildman–Crippen MR) is 68.0 cm³/mol. The molecule has 0 saturated heterocycles. The number of nitriles is 1. The molecule has 0 spiro atoms. The summed E-state index contributed by atoms with van der Waals surface area (Å²) in [5.74, 6) is -0.105. The van der Waals surface area contributed by atoms with Crippen LogP contribution in [-0.2, 0) is 11.2 Å². The zero-order chi connectivity index (χ0) is 12.7. The number of nitrogens with zero attached hydrogens (tertiary/aromatic N) is 1. The Morgan fingerprint density at radius 3 is 2.76 bits per heavy atom. The van der Waals surface area contributed by atoms with Gasteiger partial charge in [-0.1, -0.05) is 29.3 Å². The van der Waals surface area contributed by atoms with Crippen LogP contribution in [0.1, 0.15) is 18.4 Å². The molecule has 0 aliphatic carbocycles. The SMILES string of the molecule is N#CCCC(=O)NCCc1ccc(Cl)c(Cl)c1. The Hall–Kier alpha value is -1.24. The van der Waals surface area contributed by atoms with Crippen molar-refractivity contribution in [2.75, 3.05) is 6.54 Å². The number of hydrogen-bond acceptors (Lipinski definition) is 2. The van der Waals surface area contributed by atoms with Crippen LogP contribution in [0.2, 0.25) is 10.0 Å². The Kier molecular flexibility index (Phi) is 5.82. The topological polar surface area (TPSA) is 52.9 Å². The molecule has 1 rings (SSSR count). The maximum atomic E-state index is 11.2. The zero-order valence-electron chi connectivity index (χ0n) is 9.17. The Morgan fingerprint density at radius 1 is 1.35 bits per heavy atom. The van der Waals surface area contributed by atoms with Crippen LogP contribution in [0.15, 0.2) is 18.2 Å². The van der Waals surface area contributed by atoms with Crippen molar-refractivity contribution >= 4 is 29.1 Å². The minimum atomic E-state index is -0.105. The highest BCUT2D eigenvalue weighted by atomic mass is 35.5. The highest BCUT2D eigenvalue weighted by Crippen LogP contribution is 2.22. The van der Waals surface area contributed by atoms with Gasteiger partial charge in [0, 0.05) is 19.4 Å². The van der Waals surface area contributed by atoms with E-state index in [1.54, 1.807) is 12.1 Å². The summed E-state index contributed by atoms with van der Waals surface area (Å²) in [4.78, 5) is 11.2. The van der Waals surface area contributed by atoms with Gasteiger partial charge in [-0.05, 0) is 24.1 Å². The first kappa shape index (κ1) is 13.8. The van der Waals surface area contributed by atoms with Gasteiger partial charge < -0.3 is 5.32 Å². The van der Waals surface area contributed by atoms with E-state index in [1.807, 2.05) is 12.1 Å². The normalized spacial score (nSPS) is 9.71. The lowest BCUT2D eigenvalue weighted by atomic mass is 10.1. The molecule has 0 radical (unpaired) electrons. The Morgan fingerprint density at radius 2 is 2.12 bits per heavy atom. The van der Waals surface area contributed by atoms with E-state index in [2.05, 4.69) is 5.32 Å². The Bertz CT molecular complexity index is 441. The van der Waals surface area contributed by atoms with Crippen molar-refractivity contribution in [2.24, 2.45) is 0 Å². The van der Waals surface area contributed by atoms with Gasteiger partial charge in [-0.2, -0.15) is 5.26 Å².